The smallest absolute Gasteiger partial charge is 0.407 e. The second kappa shape index (κ2) is 8.86. The lowest BCUT2D eigenvalue weighted by Crippen LogP contribution is -2.51. The molecule has 1 atom stereocenters. The van der Waals surface area contributed by atoms with Crippen LogP contribution in [-0.4, -0.2) is 73.0 Å². The zero-order valence-electron chi connectivity index (χ0n) is 16.0. The van der Waals surface area contributed by atoms with Gasteiger partial charge in [-0.3, -0.25) is 4.79 Å². The van der Waals surface area contributed by atoms with E-state index in [0.29, 0.717) is 50.9 Å². The molecule has 4 N–H and O–H groups in total. The number of aromatic amines is 1. The van der Waals surface area contributed by atoms with Crippen molar-refractivity contribution in [1.29, 1.82) is 0 Å². The van der Waals surface area contributed by atoms with E-state index >= 15 is 0 Å². The molecule has 1 saturated heterocycles. The normalized spacial score (nSPS) is 25.2. The third kappa shape index (κ3) is 5.00. The highest BCUT2D eigenvalue weighted by atomic mass is 35.5. The Bertz CT molecular complexity index is 901. The van der Waals surface area contributed by atoms with Gasteiger partial charge in [0.1, 0.15) is 5.02 Å². The number of anilines is 1. The SMILES string of the molecule is CNS(=O)(=O)NC1CCC(N(C(=O)O)[C@@H]2CCN(c3cn[nH]c(=O)c3Cl)C2)CC1. The maximum absolute atomic E-state index is 12.0. The third-order valence-corrected chi connectivity index (χ3v) is 7.12. The second-order valence-corrected chi connectivity index (χ2v) is 9.34. The van der Waals surface area contributed by atoms with Crippen molar-refractivity contribution in [3.63, 3.8) is 0 Å². The molecule has 1 aromatic rings. The number of nitrogens with zero attached hydrogens (tertiary/aromatic N) is 3. The van der Waals surface area contributed by atoms with Crippen LogP contribution in [0, 0.1) is 0 Å². The Labute approximate surface area is 173 Å². The molecule has 0 radical (unpaired) electrons. The number of nitrogens with one attached hydrogen (secondary N) is 3. The third-order valence-electron chi connectivity index (χ3n) is 5.58. The number of carbonyl (C=O) groups is 1. The van der Waals surface area contributed by atoms with Crippen LogP contribution in [0.5, 0.6) is 0 Å². The fraction of sp³-hybridized carbons (Fsp3) is 0.688. The predicted molar refractivity (Wildman–Crippen MR) is 108 cm³/mol. The van der Waals surface area contributed by atoms with Crippen molar-refractivity contribution in [3.05, 3.63) is 21.6 Å². The van der Waals surface area contributed by atoms with Crippen molar-refractivity contribution in [2.75, 3.05) is 25.0 Å². The molecule has 3 rings (SSSR count). The number of carboxylic acid groups (broad SMARTS) is 1. The fourth-order valence-corrected chi connectivity index (χ4v) is 5.15. The molecular weight excluding hydrogens is 424 g/mol. The summed E-state index contributed by atoms with van der Waals surface area (Å²) < 4.78 is 28.1. The lowest BCUT2D eigenvalue weighted by Gasteiger charge is -2.38. The maximum atomic E-state index is 12.0. The van der Waals surface area contributed by atoms with Crippen LogP contribution in [0.15, 0.2) is 11.0 Å². The summed E-state index contributed by atoms with van der Waals surface area (Å²) in [7, 11) is -2.18. The first kappa shape index (κ1) is 21.8. The van der Waals surface area contributed by atoms with Crippen LogP contribution >= 0.6 is 11.6 Å². The first-order valence-electron chi connectivity index (χ1n) is 9.42. The summed E-state index contributed by atoms with van der Waals surface area (Å²) in [5, 5.41) is 15.9. The Hall–Kier alpha value is -1.89. The Kier molecular flexibility index (Phi) is 6.66. The largest absolute Gasteiger partial charge is 0.465 e. The van der Waals surface area contributed by atoms with Crippen molar-refractivity contribution < 1.29 is 18.3 Å². The highest BCUT2D eigenvalue weighted by molar-refractivity contribution is 7.87. The number of hydrogen-bond donors (Lipinski definition) is 4. The van der Waals surface area contributed by atoms with Gasteiger partial charge in [0.15, 0.2) is 0 Å². The number of halogens is 1. The van der Waals surface area contributed by atoms with E-state index in [0.717, 1.165) is 0 Å². The summed E-state index contributed by atoms with van der Waals surface area (Å²) in [6.07, 6.45) is 3.37. The van der Waals surface area contributed by atoms with Gasteiger partial charge in [-0.05, 0) is 32.1 Å². The molecule has 1 aliphatic heterocycles. The van der Waals surface area contributed by atoms with Crippen LogP contribution in [0.1, 0.15) is 32.1 Å². The first-order chi connectivity index (χ1) is 13.7. The van der Waals surface area contributed by atoms with E-state index in [1.165, 1.54) is 18.1 Å². The second-order valence-electron chi connectivity index (χ2n) is 7.31. The standard InChI is InChI=1S/C16H25ClN6O5S/c1-18-29(27,28)21-10-2-4-11(5-3-10)23(16(25)26)12-6-7-22(9-12)13-8-19-20-15(24)14(13)17/h8,10-12,18,21H,2-7,9H2,1H3,(H,20,24)(H,25,26)/t10?,11?,12-/m1/s1. The summed E-state index contributed by atoms with van der Waals surface area (Å²) in [5.74, 6) is 0. The average molecular weight is 449 g/mol. The van der Waals surface area contributed by atoms with Crippen LogP contribution in [-0.2, 0) is 10.2 Å². The summed E-state index contributed by atoms with van der Waals surface area (Å²) in [5.41, 5.74) is 0.0125. The zero-order valence-corrected chi connectivity index (χ0v) is 17.5. The number of amides is 1. The Morgan fingerprint density at radius 2 is 2.00 bits per heavy atom. The molecular formula is C16H25ClN6O5S. The predicted octanol–water partition coefficient (Wildman–Crippen LogP) is 0.347. The molecule has 0 unspecified atom stereocenters. The van der Waals surface area contributed by atoms with Gasteiger partial charge in [0, 0.05) is 32.2 Å². The Morgan fingerprint density at radius 3 is 2.62 bits per heavy atom. The minimum Gasteiger partial charge on any atom is -0.465 e. The minimum absolute atomic E-state index is 0.0415. The highest BCUT2D eigenvalue weighted by Gasteiger charge is 2.38. The summed E-state index contributed by atoms with van der Waals surface area (Å²) in [4.78, 5) is 27.0. The van der Waals surface area contributed by atoms with E-state index in [9.17, 15) is 23.1 Å². The molecule has 0 spiro atoms. The topological polar surface area (TPSA) is 148 Å². The van der Waals surface area contributed by atoms with Crippen LogP contribution in [0.25, 0.3) is 0 Å². The van der Waals surface area contributed by atoms with E-state index in [-0.39, 0.29) is 23.1 Å². The van der Waals surface area contributed by atoms with Gasteiger partial charge in [-0.1, -0.05) is 11.6 Å². The van der Waals surface area contributed by atoms with Gasteiger partial charge < -0.3 is 14.9 Å². The van der Waals surface area contributed by atoms with E-state index in [1.807, 2.05) is 4.90 Å². The molecule has 0 bridgehead atoms. The molecule has 1 aromatic heterocycles. The van der Waals surface area contributed by atoms with Gasteiger partial charge in [-0.25, -0.2) is 14.6 Å². The molecule has 11 nitrogen and oxygen atoms in total. The first-order valence-corrected chi connectivity index (χ1v) is 11.3. The fourth-order valence-electron chi connectivity index (χ4n) is 4.14. The van der Waals surface area contributed by atoms with E-state index < -0.39 is 21.9 Å². The van der Waals surface area contributed by atoms with Gasteiger partial charge >= 0.3 is 6.09 Å². The summed E-state index contributed by atoms with van der Waals surface area (Å²) in [6.45, 7) is 0.986. The lowest BCUT2D eigenvalue weighted by molar-refractivity contribution is 0.0859. The van der Waals surface area contributed by atoms with Crippen LogP contribution in [0.3, 0.4) is 0 Å². The van der Waals surface area contributed by atoms with E-state index in [1.54, 1.807) is 0 Å². The molecule has 1 saturated carbocycles. The average Bonchev–Trinajstić information content (AvgIpc) is 3.14. The van der Waals surface area contributed by atoms with Crippen molar-refractivity contribution >= 4 is 33.6 Å². The van der Waals surface area contributed by atoms with E-state index in [4.69, 9.17) is 11.6 Å². The molecule has 1 amide bonds. The monoisotopic (exact) mass is 448 g/mol. The molecule has 1 aliphatic carbocycles. The zero-order chi connectivity index (χ0) is 21.2. The molecule has 2 fully saturated rings. The van der Waals surface area contributed by atoms with Crippen LogP contribution < -0.4 is 19.9 Å². The highest BCUT2D eigenvalue weighted by Crippen LogP contribution is 2.31. The number of rotatable bonds is 6. The number of hydrogen-bond acceptors (Lipinski definition) is 6. The molecule has 29 heavy (non-hydrogen) atoms. The Balaban J connectivity index is 1.65. The molecule has 2 heterocycles. The van der Waals surface area contributed by atoms with Crippen molar-refractivity contribution in [3.8, 4) is 0 Å². The van der Waals surface area contributed by atoms with Gasteiger partial charge in [0.05, 0.1) is 17.9 Å². The molecule has 162 valence electrons. The van der Waals surface area contributed by atoms with Crippen LogP contribution in [0.4, 0.5) is 10.5 Å². The summed E-state index contributed by atoms with van der Waals surface area (Å²) >= 11 is 6.08. The van der Waals surface area contributed by atoms with Crippen molar-refractivity contribution in [2.24, 2.45) is 0 Å². The van der Waals surface area contributed by atoms with Crippen molar-refractivity contribution in [2.45, 2.75) is 50.2 Å². The quantitative estimate of drug-likeness (QED) is 0.490. The number of H-pyrrole nitrogens is 1. The van der Waals surface area contributed by atoms with Gasteiger partial charge in [-0.15, -0.1) is 0 Å². The molecule has 13 heteroatoms. The van der Waals surface area contributed by atoms with Crippen LogP contribution in [0.2, 0.25) is 5.02 Å². The number of aromatic nitrogens is 2. The van der Waals surface area contributed by atoms with Gasteiger partial charge in [0.25, 0.3) is 15.8 Å². The van der Waals surface area contributed by atoms with Gasteiger partial charge in [0.2, 0.25) is 0 Å². The Morgan fingerprint density at radius 1 is 1.31 bits per heavy atom. The maximum Gasteiger partial charge on any atom is 0.407 e. The van der Waals surface area contributed by atoms with E-state index in [2.05, 4.69) is 19.6 Å². The summed E-state index contributed by atoms with van der Waals surface area (Å²) in [6, 6.07) is -0.626. The lowest BCUT2D eigenvalue weighted by atomic mass is 9.90. The van der Waals surface area contributed by atoms with Crippen molar-refractivity contribution in [1.82, 2.24) is 24.5 Å². The molecule has 2 aliphatic rings. The minimum atomic E-state index is -3.52. The van der Waals surface area contributed by atoms with Gasteiger partial charge in [-0.2, -0.15) is 18.2 Å². The molecule has 0 aromatic carbocycles.